The Morgan fingerprint density at radius 2 is 2.11 bits per heavy atom. The van der Waals surface area contributed by atoms with Crippen molar-refractivity contribution in [3.8, 4) is 11.3 Å². The van der Waals surface area contributed by atoms with E-state index in [4.69, 9.17) is 5.73 Å². The van der Waals surface area contributed by atoms with E-state index in [1.54, 1.807) is 0 Å². The first kappa shape index (κ1) is 11.9. The standard InChI is InChI=1S/C14H16N4O/c1-14(2)10-5-8(3-4-11(10)16-13(14)19)12-6-9(7-15)17-18-12/h3-6H,7,15H2,1-2H3,(H,16,19)(H,17,18). The lowest BCUT2D eigenvalue weighted by atomic mass is 9.85. The van der Waals surface area contributed by atoms with Crippen LogP contribution in [0.1, 0.15) is 25.1 Å². The van der Waals surface area contributed by atoms with Crippen molar-refractivity contribution in [3.05, 3.63) is 35.5 Å². The van der Waals surface area contributed by atoms with Crippen LogP contribution in [0, 0.1) is 0 Å². The van der Waals surface area contributed by atoms with Crippen LogP contribution in [-0.4, -0.2) is 16.1 Å². The van der Waals surface area contributed by atoms with E-state index in [-0.39, 0.29) is 5.91 Å². The molecule has 1 amide bonds. The van der Waals surface area contributed by atoms with Gasteiger partial charge < -0.3 is 11.1 Å². The number of nitrogens with zero attached hydrogens (tertiary/aromatic N) is 1. The second kappa shape index (κ2) is 3.93. The first-order valence-electron chi connectivity index (χ1n) is 6.23. The number of aromatic amines is 1. The number of hydrogen-bond donors (Lipinski definition) is 3. The van der Waals surface area contributed by atoms with Crippen molar-refractivity contribution in [3.63, 3.8) is 0 Å². The summed E-state index contributed by atoms with van der Waals surface area (Å²) in [5.41, 5.74) is 9.68. The molecule has 1 aromatic carbocycles. The zero-order chi connectivity index (χ0) is 13.6. The second-order valence-electron chi connectivity index (χ2n) is 5.32. The molecular weight excluding hydrogens is 240 g/mol. The van der Waals surface area contributed by atoms with Gasteiger partial charge in [-0.25, -0.2) is 0 Å². The smallest absolute Gasteiger partial charge is 0.234 e. The monoisotopic (exact) mass is 256 g/mol. The minimum atomic E-state index is -0.502. The number of H-pyrrole nitrogens is 1. The topological polar surface area (TPSA) is 83.8 Å². The summed E-state index contributed by atoms with van der Waals surface area (Å²) in [5.74, 6) is 0.0318. The molecule has 0 bridgehead atoms. The van der Waals surface area contributed by atoms with Gasteiger partial charge in [0.2, 0.25) is 5.91 Å². The minimum Gasteiger partial charge on any atom is -0.325 e. The van der Waals surface area contributed by atoms with E-state index in [1.807, 2.05) is 38.1 Å². The fourth-order valence-electron chi connectivity index (χ4n) is 2.34. The molecule has 0 unspecified atom stereocenters. The van der Waals surface area contributed by atoms with Gasteiger partial charge in [0.15, 0.2) is 0 Å². The predicted octanol–water partition coefficient (Wildman–Crippen LogP) is 1.77. The number of nitrogens with one attached hydrogen (secondary N) is 2. The number of benzene rings is 1. The molecule has 2 aromatic rings. The molecule has 0 saturated carbocycles. The van der Waals surface area contributed by atoms with Gasteiger partial charge in [0, 0.05) is 23.5 Å². The maximum absolute atomic E-state index is 11.9. The van der Waals surface area contributed by atoms with Crippen molar-refractivity contribution in [2.45, 2.75) is 25.8 Å². The normalized spacial score (nSPS) is 16.3. The van der Waals surface area contributed by atoms with Crippen molar-refractivity contribution >= 4 is 11.6 Å². The van der Waals surface area contributed by atoms with E-state index in [2.05, 4.69) is 15.5 Å². The van der Waals surface area contributed by atoms with Crippen LogP contribution in [0.25, 0.3) is 11.3 Å². The molecule has 1 aliphatic rings. The van der Waals surface area contributed by atoms with Crippen molar-refractivity contribution < 1.29 is 4.79 Å². The minimum absolute atomic E-state index is 0.0318. The zero-order valence-corrected chi connectivity index (χ0v) is 10.9. The largest absolute Gasteiger partial charge is 0.325 e. The van der Waals surface area contributed by atoms with Gasteiger partial charge in [0.25, 0.3) is 0 Å². The van der Waals surface area contributed by atoms with E-state index in [9.17, 15) is 4.79 Å². The summed E-state index contributed by atoms with van der Waals surface area (Å²) in [5, 5.41) is 10.0. The van der Waals surface area contributed by atoms with Crippen LogP contribution in [0.15, 0.2) is 24.3 Å². The van der Waals surface area contributed by atoms with Gasteiger partial charge in [-0.3, -0.25) is 9.89 Å². The maximum Gasteiger partial charge on any atom is 0.234 e. The first-order valence-corrected chi connectivity index (χ1v) is 6.23. The van der Waals surface area contributed by atoms with Crippen LogP contribution in [-0.2, 0) is 16.8 Å². The van der Waals surface area contributed by atoms with Gasteiger partial charge in [0.1, 0.15) is 0 Å². The summed E-state index contributed by atoms with van der Waals surface area (Å²) in [6, 6.07) is 7.83. The Morgan fingerprint density at radius 3 is 2.79 bits per heavy atom. The maximum atomic E-state index is 11.9. The van der Waals surface area contributed by atoms with Crippen molar-refractivity contribution in [2.75, 3.05) is 5.32 Å². The van der Waals surface area contributed by atoms with Crippen molar-refractivity contribution in [2.24, 2.45) is 5.73 Å². The number of aromatic nitrogens is 2. The molecule has 98 valence electrons. The number of fused-ring (bicyclic) bond motifs is 1. The Morgan fingerprint density at radius 1 is 1.32 bits per heavy atom. The molecule has 4 N–H and O–H groups in total. The molecule has 1 aromatic heterocycles. The number of amides is 1. The van der Waals surface area contributed by atoms with Crippen LogP contribution >= 0.6 is 0 Å². The third kappa shape index (κ3) is 1.74. The molecule has 1 aliphatic heterocycles. The van der Waals surface area contributed by atoms with E-state index in [1.165, 1.54) is 0 Å². The average Bonchev–Trinajstić information content (AvgIpc) is 2.94. The fourth-order valence-corrected chi connectivity index (χ4v) is 2.34. The summed E-state index contributed by atoms with van der Waals surface area (Å²) in [6.07, 6.45) is 0. The molecule has 0 fully saturated rings. The molecule has 0 spiro atoms. The third-order valence-corrected chi connectivity index (χ3v) is 3.66. The predicted molar refractivity (Wildman–Crippen MR) is 73.6 cm³/mol. The van der Waals surface area contributed by atoms with Crippen LogP contribution < -0.4 is 11.1 Å². The van der Waals surface area contributed by atoms with E-state index >= 15 is 0 Å². The highest BCUT2D eigenvalue weighted by Crippen LogP contribution is 2.39. The Kier molecular flexibility index (Phi) is 2.46. The molecule has 5 heteroatoms. The number of carbonyl (C=O) groups is 1. The molecule has 0 radical (unpaired) electrons. The Hall–Kier alpha value is -2.14. The lowest BCUT2D eigenvalue weighted by Crippen LogP contribution is -2.26. The first-order chi connectivity index (χ1) is 9.02. The summed E-state index contributed by atoms with van der Waals surface area (Å²) < 4.78 is 0. The summed E-state index contributed by atoms with van der Waals surface area (Å²) >= 11 is 0. The number of nitrogens with two attached hydrogens (primary N) is 1. The third-order valence-electron chi connectivity index (χ3n) is 3.66. The second-order valence-corrected chi connectivity index (χ2v) is 5.32. The number of hydrogen-bond acceptors (Lipinski definition) is 3. The van der Waals surface area contributed by atoms with Gasteiger partial charge in [-0.15, -0.1) is 0 Å². The van der Waals surface area contributed by atoms with Gasteiger partial charge in [-0.1, -0.05) is 6.07 Å². The van der Waals surface area contributed by atoms with Crippen LogP contribution in [0.3, 0.4) is 0 Å². The van der Waals surface area contributed by atoms with E-state index in [0.717, 1.165) is 28.2 Å². The lowest BCUT2D eigenvalue weighted by molar-refractivity contribution is -0.119. The van der Waals surface area contributed by atoms with Gasteiger partial charge >= 0.3 is 0 Å². The molecule has 0 aliphatic carbocycles. The van der Waals surface area contributed by atoms with Gasteiger partial charge in [-0.05, 0) is 37.6 Å². The SMILES string of the molecule is CC1(C)C(=O)Nc2ccc(-c3cc(CN)[nH]n3)cc21. The molecule has 0 saturated heterocycles. The molecule has 3 rings (SSSR count). The summed E-state index contributed by atoms with van der Waals surface area (Å²) in [7, 11) is 0. The molecular formula is C14H16N4O. The summed E-state index contributed by atoms with van der Waals surface area (Å²) in [6.45, 7) is 4.28. The molecule has 2 heterocycles. The van der Waals surface area contributed by atoms with Crippen LogP contribution in [0.4, 0.5) is 5.69 Å². The van der Waals surface area contributed by atoms with Gasteiger partial charge in [-0.2, -0.15) is 5.10 Å². The highest BCUT2D eigenvalue weighted by molar-refractivity contribution is 6.06. The van der Waals surface area contributed by atoms with Crippen molar-refractivity contribution in [1.82, 2.24) is 10.2 Å². The zero-order valence-electron chi connectivity index (χ0n) is 10.9. The number of anilines is 1. The highest BCUT2D eigenvalue weighted by atomic mass is 16.2. The lowest BCUT2D eigenvalue weighted by Gasteiger charge is -2.15. The Balaban J connectivity index is 2.07. The fraction of sp³-hybridized carbons (Fsp3) is 0.286. The number of rotatable bonds is 2. The highest BCUT2D eigenvalue weighted by Gasteiger charge is 2.38. The van der Waals surface area contributed by atoms with Gasteiger partial charge in [0.05, 0.1) is 11.1 Å². The molecule has 19 heavy (non-hydrogen) atoms. The molecule has 0 atom stereocenters. The van der Waals surface area contributed by atoms with Crippen LogP contribution in [0.5, 0.6) is 0 Å². The number of carbonyl (C=O) groups excluding carboxylic acids is 1. The van der Waals surface area contributed by atoms with E-state index < -0.39 is 5.41 Å². The Labute approximate surface area is 111 Å². The van der Waals surface area contributed by atoms with Crippen molar-refractivity contribution in [1.29, 1.82) is 0 Å². The Bertz CT molecular complexity index is 657. The van der Waals surface area contributed by atoms with Crippen LogP contribution in [0.2, 0.25) is 0 Å². The average molecular weight is 256 g/mol. The molecule has 5 nitrogen and oxygen atoms in total. The quantitative estimate of drug-likeness (QED) is 0.765. The van der Waals surface area contributed by atoms with E-state index in [0.29, 0.717) is 6.54 Å². The summed E-state index contributed by atoms with van der Waals surface area (Å²) in [4.78, 5) is 11.9.